The molecule has 0 radical (unpaired) electrons. The van der Waals surface area contributed by atoms with Crippen molar-refractivity contribution >= 4 is 28.9 Å². The quantitative estimate of drug-likeness (QED) is 0.683. The van der Waals surface area contributed by atoms with Crippen molar-refractivity contribution in [3.8, 4) is 18.2 Å². The van der Waals surface area contributed by atoms with Crippen molar-refractivity contribution in [3.05, 3.63) is 0 Å². The minimum atomic E-state index is -2.42. The normalized spacial score (nSPS) is 9.86. The summed E-state index contributed by atoms with van der Waals surface area (Å²) in [5.41, 5.74) is 0. The first-order valence-electron chi connectivity index (χ1n) is 4.48. The zero-order valence-electron chi connectivity index (χ0n) is 7.96. The Morgan fingerprint density at radius 3 is 1.29 bits per heavy atom. The Hall–Kier alpha value is -0.251. The number of halogens is 1. The maximum absolute atomic E-state index is 8.51. The molecule has 14 heavy (non-hydrogen) atoms. The van der Waals surface area contributed by atoms with E-state index in [2.05, 4.69) is 30.9 Å². The number of nitrogens with zero attached hydrogens (tertiary/aromatic N) is 3. The fourth-order valence-corrected chi connectivity index (χ4v) is 12.1. The predicted octanol–water partition coefficient (Wildman–Crippen LogP) is 3.07. The van der Waals surface area contributed by atoms with Gasteiger partial charge < -0.3 is 0 Å². The molecule has 0 saturated carbocycles. The van der Waals surface area contributed by atoms with Crippen molar-refractivity contribution in [2.75, 3.05) is 0 Å². The first kappa shape index (κ1) is 13.7. The zero-order valence-corrected chi connectivity index (χ0v) is 12.4. The van der Waals surface area contributed by atoms with Crippen molar-refractivity contribution in [1.82, 2.24) is 0 Å². The molecule has 0 atom stereocenters. The van der Waals surface area contributed by atoms with Gasteiger partial charge in [-0.25, -0.2) is 0 Å². The molecular formula is C9H12BrN3Sn. The van der Waals surface area contributed by atoms with Crippen LogP contribution in [0.25, 0.3) is 0 Å². The molecule has 0 spiro atoms. The molecule has 0 saturated heterocycles. The Balaban J connectivity index is 4.13. The summed E-state index contributed by atoms with van der Waals surface area (Å²) in [5.74, 6) is 0. The van der Waals surface area contributed by atoms with Crippen LogP contribution in [0.5, 0.6) is 0 Å². The molecule has 0 aromatic carbocycles. The van der Waals surface area contributed by atoms with E-state index in [0.717, 1.165) is 13.3 Å². The molecule has 0 amide bonds. The summed E-state index contributed by atoms with van der Waals surface area (Å²) >= 11 is 1.33. The number of hydrogen-bond acceptors (Lipinski definition) is 3. The second kappa shape index (κ2) is 8.09. The van der Waals surface area contributed by atoms with Gasteiger partial charge in [-0.15, -0.1) is 0 Å². The molecule has 0 N–H and O–H groups in total. The molecule has 0 fully saturated rings. The Labute approximate surface area is 94.9 Å². The van der Waals surface area contributed by atoms with E-state index in [4.69, 9.17) is 15.8 Å². The summed E-state index contributed by atoms with van der Waals surface area (Å²) in [5, 5.41) is 25.5. The van der Waals surface area contributed by atoms with Crippen LogP contribution >= 0.6 is 12.7 Å². The fourth-order valence-electron chi connectivity index (χ4n) is 1.21. The monoisotopic (exact) mass is 361 g/mol. The van der Waals surface area contributed by atoms with Gasteiger partial charge in [0.25, 0.3) is 0 Å². The molecule has 5 heteroatoms. The molecule has 0 bridgehead atoms. The van der Waals surface area contributed by atoms with Gasteiger partial charge in [-0.2, -0.15) is 0 Å². The van der Waals surface area contributed by atoms with E-state index in [1.165, 1.54) is 0 Å². The Morgan fingerprint density at radius 2 is 1.07 bits per heavy atom. The molecule has 0 aliphatic carbocycles. The van der Waals surface area contributed by atoms with E-state index >= 15 is 0 Å². The summed E-state index contributed by atoms with van der Waals surface area (Å²) in [6.07, 6.45) is 1.66. The van der Waals surface area contributed by atoms with Crippen molar-refractivity contribution in [3.63, 3.8) is 0 Å². The van der Waals surface area contributed by atoms with E-state index in [0.29, 0.717) is 19.3 Å². The average molecular weight is 361 g/mol. The number of nitriles is 3. The Bertz CT molecular complexity index is 238. The third kappa shape index (κ3) is 6.24. The van der Waals surface area contributed by atoms with Crippen LogP contribution in [0.2, 0.25) is 13.3 Å². The van der Waals surface area contributed by atoms with Crippen LogP contribution in [-0.2, 0) is 0 Å². The first-order valence-corrected chi connectivity index (χ1v) is 16.9. The Kier molecular flexibility index (Phi) is 7.94. The number of rotatable bonds is 6. The molecule has 0 aliphatic rings. The van der Waals surface area contributed by atoms with Gasteiger partial charge in [0.15, 0.2) is 0 Å². The summed E-state index contributed by atoms with van der Waals surface area (Å²) in [6, 6.07) is 6.40. The van der Waals surface area contributed by atoms with E-state index < -0.39 is 16.2 Å². The van der Waals surface area contributed by atoms with Crippen LogP contribution in [0.3, 0.4) is 0 Å². The summed E-state index contributed by atoms with van der Waals surface area (Å²) in [7, 11) is 0. The molecule has 0 rings (SSSR count). The van der Waals surface area contributed by atoms with Gasteiger partial charge in [0, 0.05) is 0 Å². The second-order valence-corrected chi connectivity index (χ2v) is 25.3. The molecule has 3 nitrogen and oxygen atoms in total. The average Bonchev–Trinajstić information content (AvgIpc) is 2.21. The van der Waals surface area contributed by atoms with E-state index in [1.807, 2.05) is 0 Å². The van der Waals surface area contributed by atoms with E-state index in [-0.39, 0.29) is 0 Å². The van der Waals surface area contributed by atoms with Gasteiger partial charge in [-0.1, -0.05) is 0 Å². The summed E-state index contributed by atoms with van der Waals surface area (Å²) in [4.78, 5) is 0. The number of hydrogen-bond donors (Lipinski definition) is 0. The molecule has 0 heterocycles. The third-order valence-electron chi connectivity index (χ3n) is 2.05. The zero-order chi connectivity index (χ0) is 10.9. The minimum absolute atomic E-state index is 0.554. The van der Waals surface area contributed by atoms with E-state index in [1.54, 1.807) is 0 Å². The molecule has 74 valence electrons. The molecule has 0 unspecified atom stereocenters. The van der Waals surface area contributed by atoms with Crippen LogP contribution < -0.4 is 0 Å². The maximum atomic E-state index is 8.51. The van der Waals surface area contributed by atoms with E-state index in [9.17, 15) is 0 Å². The third-order valence-corrected chi connectivity index (χ3v) is 19.8. The van der Waals surface area contributed by atoms with Crippen LogP contribution in [0, 0.1) is 34.0 Å². The fraction of sp³-hybridized carbons (Fsp3) is 0.667. The molecule has 0 aliphatic heterocycles. The standard InChI is InChI=1S/3C3H4N.BrH.Sn/c3*1-2-3-4;;/h3*1-2H2;1H;/q;;;;+1/p-1. The molecular weight excluding hydrogens is 349 g/mol. The van der Waals surface area contributed by atoms with Crippen molar-refractivity contribution in [2.45, 2.75) is 32.6 Å². The Morgan fingerprint density at radius 1 is 0.786 bits per heavy atom. The van der Waals surface area contributed by atoms with Crippen molar-refractivity contribution in [2.24, 2.45) is 0 Å². The second-order valence-electron chi connectivity index (χ2n) is 3.13. The van der Waals surface area contributed by atoms with Gasteiger partial charge in [0.1, 0.15) is 0 Å². The van der Waals surface area contributed by atoms with Gasteiger partial charge in [0.2, 0.25) is 0 Å². The first-order chi connectivity index (χ1) is 6.68. The van der Waals surface area contributed by atoms with Crippen LogP contribution in [0.1, 0.15) is 19.3 Å². The predicted molar refractivity (Wildman–Crippen MR) is 59.8 cm³/mol. The van der Waals surface area contributed by atoms with Crippen molar-refractivity contribution < 1.29 is 0 Å². The van der Waals surface area contributed by atoms with Crippen molar-refractivity contribution in [1.29, 1.82) is 15.8 Å². The molecule has 0 aromatic rings. The van der Waals surface area contributed by atoms with Crippen LogP contribution in [0.15, 0.2) is 0 Å². The summed E-state index contributed by atoms with van der Waals surface area (Å²) < 4.78 is 2.73. The van der Waals surface area contributed by atoms with Crippen LogP contribution in [0.4, 0.5) is 0 Å². The summed E-state index contributed by atoms with van der Waals surface area (Å²) in [6.45, 7) is 0. The van der Waals surface area contributed by atoms with Gasteiger partial charge in [0.05, 0.1) is 0 Å². The van der Waals surface area contributed by atoms with Gasteiger partial charge in [-0.3, -0.25) is 0 Å². The van der Waals surface area contributed by atoms with Gasteiger partial charge >= 0.3 is 95.4 Å². The molecule has 0 aromatic heterocycles. The SMILES string of the molecule is N#CC[CH2][Sn]([Br])([CH2]CC#N)[CH2]CC#N. The topological polar surface area (TPSA) is 71.4 Å². The van der Waals surface area contributed by atoms with Gasteiger partial charge in [-0.05, 0) is 0 Å². The van der Waals surface area contributed by atoms with Crippen LogP contribution in [-0.4, -0.2) is 16.2 Å².